The second-order valence-corrected chi connectivity index (χ2v) is 5.99. The van der Waals surface area contributed by atoms with Crippen molar-refractivity contribution in [3.8, 4) is 5.69 Å². The Morgan fingerprint density at radius 2 is 1.91 bits per heavy atom. The molecule has 1 heterocycles. The number of carbonyl (C=O) groups excluding carboxylic acids is 1. The number of nitrogens with zero attached hydrogens (tertiary/aromatic N) is 2. The Morgan fingerprint density at radius 1 is 1.13 bits per heavy atom. The molecule has 0 spiro atoms. The molecule has 0 atom stereocenters. The predicted molar refractivity (Wildman–Crippen MR) is 86.2 cm³/mol. The Morgan fingerprint density at radius 3 is 2.70 bits per heavy atom. The molecule has 1 aliphatic rings. The van der Waals surface area contributed by atoms with Crippen LogP contribution in [0.25, 0.3) is 16.6 Å². The molecule has 0 fully saturated rings. The van der Waals surface area contributed by atoms with Gasteiger partial charge < -0.3 is 5.73 Å². The smallest absolute Gasteiger partial charge is 0.251 e. The van der Waals surface area contributed by atoms with Crippen LogP contribution in [0, 0.1) is 5.82 Å². The van der Waals surface area contributed by atoms with Crippen LogP contribution in [0.5, 0.6) is 0 Å². The molecule has 2 aromatic carbocycles. The molecule has 0 radical (unpaired) electrons. The van der Waals surface area contributed by atoms with Crippen LogP contribution < -0.4 is 5.73 Å². The van der Waals surface area contributed by atoms with Crippen molar-refractivity contribution in [2.75, 3.05) is 0 Å². The largest absolute Gasteiger partial charge is 0.366 e. The Kier molecular flexibility index (Phi) is 3.15. The van der Waals surface area contributed by atoms with Gasteiger partial charge in [0.25, 0.3) is 5.91 Å². The third kappa shape index (κ3) is 2.38. The summed E-state index contributed by atoms with van der Waals surface area (Å²) in [5, 5.41) is 5.01. The quantitative estimate of drug-likeness (QED) is 0.790. The summed E-state index contributed by atoms with van der Waals surface area (Å²) in [4.78, 5) is 11.5. The normalized spacial score (nSPS) is 14.0. The number of benzene rings is 2. The lowest BCUT2D eigenvalue weighted by atomic mass is 9.91. The average Bonchev–Trinajstić information content (AvgIpc) is 2.97. The van der Waals surface area contributed by atoms with E-state index >= 15 is 0 Å². The summed E-state index contributed by atoms with van der Waals surface area (Å²) in [7, 11) is 0. The average molecular weight is 309 g/mol. The van der Waals surface area contributed by atoms with E-state index in [-0.39, 0.29) is 5.56 Å². The van der Waals surface area contributed by atoms with Gasteiger partial charge in [-0.3, -0.25) is 4.79 Å². The number of primary amides is 1. The number of halogens is 1. The summed E-state index contributed by atoms with van der Waals surface area (Å²) in [6.45, 7) is 0. The monoisotopic (exact) mass is 309 g/mol. The van der Waals surface area contributed by atoms with Gasteiger partial charge in [0.1, 0.15) is 11.3 Å². The maximum absolute atomic E-state index is 13.6. The number of aromatic nitrogens is 2. The second kappa shape index (κ2) is 5.19. The van der Waals surface area contributed by atoms with Crippen molar-refractivity contribution in [2.24, 2.45) is 5.73 Å². The minimum absolute atomic E-state index is 0.108. The number of carbonyl (C=O) groups is 1. The zero-order valence-corrected chi connectivity index (χ0v) is 12.6. The first-order chi connectivity index (χ1) is 11.1. The number of nitrogens with two attached hydrogens (primary N) is 1. The first kappa shape index (κ1) is 13.9. The van der Waals surface area contributed by atoms with Crippen molar-refractivity contribution < 1.29 is 9.18 Å². The van der Waals surface area contributed by atoms with Crippen molar-refractivity contribution in [3.05, 3.63) is 59.0 Å². The van der Waals surface area contributed by atoms with Gasteiger partial charge in [0.2, 0.25) is 0 Å². The molecule has 5 heteroatoms. The molecule has 2 N–H and O–H groups in total. The van der Waals surface area contributed by atoms with E-state index in [0.717, 1.165) is 24.6 Å². The molecule has 0 saturated heterocycles. The molecular formula is C18H16FN3O. The van der Waals surface area contributed by atoms with Crippen LogP contribution in [0.3, 0.4) is 0 Å². The lowest BCUT2D eigenvalue weighted by Gasteiger charge is -2.16. The highest BCUT2D eigenvalue weighted by Crippen LogP contribution is 2.25. The summed E-state index contributed by atoms with van der Waals surface area (Å²) in [6.07, 6.45) is 6.36. The third-order valence-corrected chi connectivity index (χ3v) is 4.44. The summed E-state index contributed by atoms with van der Waals surface area (Å²) in [5.41, 5.74) is 9.51. The van der Waals surface area contributed by atoms with Gasteiger partial charge in [-0.1, -0.05) is 6.07 Å². The van der Waals surface area contributed by atoms with Crippen LogP contribution in [0.2, 0.25) is 0 Å². The summed E-state index contributed by atoms with van der Waals surface area (Å²) in [5.74, 6) is -1.17. The van der Waals surface area contributed by atoms with Crippen molar-refractivity contribution in [1.29, 1.82) is 0 Å². The van der Waals surface area contributed by atoms with Gasteiger partial charge in [-0.25, -0.2) is 9.07 Å². The zero-order valence-electron chi connectivity index (χ0n) is 12.6. The van der Waals surface area contributed by atoms with E-state index < -0.39 is 11.7 Å². The molecular weight excluding hydrogens is 293 g/mol. The fourth-order valence-electron chi connectivity index (χ4n) is 3.28. The van der Waals surface area contributed by atoms with Crippen molar-refractivity contribution >= 4 is 16.8 Å². The van der Waals surface area contributed by atoms with Crippen LogP contribution >= 0.6 is 0 Å². The van der Waals surface area contributed by atoms with E-state index in [1.54, 1.807) is 10.9 Å². The van der Waals surface area contributed by atoms with E-state index in [1.807, 2.05) is 6.07 Å². The second-order valence-electron chi connectivity index (χ2n) is 5.99. The molecule has 23 heavy (non-hydrogen) atoms. The minimum atomic E-state index is -0.676. The molecule has 4 rings (SSSR count). The van der Waals surface area contributed by atoms with E-state index in [0.29, 0.717) is 10.9 Å². The first-order valence-electron chi connectivity index (χ1n) is 7.73. The van der Waals surface area contributed by atoms with Crippen LogP contribution in [0.15, 0.2) is 36.5 Å². The molecule has 0 bridgehead atoms. The molecule has 1 aromatic heterocycles. The number of aryl methyl sites for hydroxylation is 2. The lowest BCUT2D eigenvalue weighted by Crippen LogP contribution is -2.12. The highest BCUT2D eigenvalue weighted by molar-refractivity contribution is 6.04. The summed E-state index contributed by atoms with van der Waals surface area (Å²) >= 11 is 0. The van der Waals surface area contributed by atoms with Gasteiger partial charge in [-0.2, -0.15) is 5.10 Å². The molecule has 1 amide bonds. The fraction of sp³-hybridized carbons (Fsp3) is 0.222. The number of fused-ring (bicyclic) bond motifs is 2. The van der Waals surface area contributed by atoms with Crippen LogP contribution in [0.1, 0.15) is 34.3 Å². The Balaban J connectivity index is 1.86. The van der Waals surface area contributed by atoms with Gasteiger partial charge >= 0.3 is 0 Å². The van der Waals surface area contributed by atoms with Crippen molar-refractivity contribution in [3.63, 3.8) is 0 Å². The summed E-state index contributed by atoms with van der Waals surface area (Å²) < 4.78 is 15.3. The van der Waals surface area contributed by atoms with Crippen LogP contribution in [-0.4, -0.2) is 15.7 Å². The topological polar surface area (TPSA) is 60.9 Å². The lowest BCUT2D eigenvalue weighted by molar-refractivity contribution is 0.100. The van der Waals surface area contributed by atoms with Gasteiger partial charge in [0.05, 0.1) is 11.3 Å². The fourth-order valence-corrected chi connectivity index (χ4v) is 3.28. The molecule has 0 aliphatic heterocycles. The van der Waals surface area contributed by atoms with Gasteiger partial charge in [0, 0.05) is 11.6 Å². The van der Waals surface area contributed by atoms with Gasteiger partial charge in [-0.05, 0) is 61.1 Å². The number of rotatable bonds is 2. The standard InChI is InChI=1S/C18H16FN3O/c19-14-7-13-10-22(21-17(13)16(9-14)18(20)23)15-6-5-11-3-1-2-4-12(11)8-15/h5-10H,1-4H2,(H2,20,23). The molecule has 3 aromatic rings. The van der Waals surface area contributed by atoms with Crippen LogP contribution in [0.4, 0.5) is 4.39 Å². The molecule has 0 saturated carbocycles. The molecule has 116 valence electrons. The highest BCUT2D eigenvalue weighted by Gasteiger charge is 2.15. The SMILES string of the molecule is NC(=O)c1cc(F)cc2cn(-c3ccc4c(c3)CCCC4)nc12. The van der Waals surface area contributed by atoms with Crippen LogP contribution in [-0.2, 0) is 12.8 Å². The zero-order chi connectivity index (χ0) is 16.0. The maximum Gasteiger partial charge on any atom is 0.251 e. The van der Waals surface area contributed by atoms with E-state index in [4.69, 9.17) is 5.73 Å². The van der Waals surface area contributed by atoms with Gasteiger partial charge in [-0.15, -0.1) is 0 Å². The molecule has 1 aliphatic carbocycles. The molecule has 0 unspecified atom stereocenters. The predicted octanol–water partition coefficient (Wildman–Crippen LogP) is 3.14. The molecule has 4 nitrogen and oxygen atoms in total. The number of amides is 1. The Labute approximate surface area is 132 Å². The van der Waals surface area contributed by atoms with E-state index in [9.17, 15) is 9.18 Å². The number of hydrogen-bond acceptors (Lipinski definition) is 2. The third-order valence-electron chi connectivity index (χ3n) is 4.44. The minimum Gasteiger partial charge on any atom is -0.366 e. The van der Waals surface area contributed by atoms with Crippen molar-refractivity contribution in [2.45, 2.75) is 25.7 Å². The Bertz CT molecular complexity index is 929. The summed E-state index contributed by atoms with van der Waals surface area (Å²) in [6, 6.07) is 8.77. The van der Waals surface area contributed by atoms with Crippen molar-refractivity contribution in [1.82, 2.24) is 9.78 Å². The highest BCUT2D eigenvalue weighted by atomic mass is 19.1. The Hall–Kier alpha value is -2.69. The van der Waals surface area contributed by atoms with Gasteiger partial charge in [0.15, 0.2) is 0 Å². The number of hydrogen-bond donors (Lipinski definition) is 1. The van der Waals surface area contributed by atoms with E-state index in [1.165, 1.54) is 30.0 Å². The first-order valence-corrected chi connectivity index (χ1v) is 7.73. The van der Waals surface area contributed by atoms with E-state index in [2.05, 4.69) is 17.2 Å². The maximum atomic E-state index is 13.6.